The van der Waals surface area contributed by atoms with Crippen molar-refractivity contribution in [3.63, 3.8) is 0 Å². The van der Waals surface area contributed by atoms with Gasteiger partial charge in [0.2, 0.25) is 5.91 Å². The van der Waals surface area contributed by atoms with Crippen LogP contribution in [0.4, 0.5) is 0 Å². The number of benzene rings is 1. The SMILES string of the molecule is O=C(CCN1Cc2ccccc2C1=O)N1CCn2nc(CO)cc2C1. The summed E-state index contributed by atoms with van der Waals surface area (Å²) in [6.45, 7) is 2.66. The van der Waals surface area contributed by atoms with E-state index in [0.29, 0.717) is 44.8 Å². The summed E-state index contributed by atoms with van der Waals surface area (Å²) in [7, 11) is 0. The third-order valence-corrected chi connectivity index (χ3v) is 4.85. The standard InChI is InChI=1S/C18H20N4O3/c23-12-14-9-15-11-20(7-8-22(15)19-14)17(24)5-6-21-10-13-3-1-2-4-16(13)18(21)25/h1-4,9,23H,5-8,10-12H2. The molecule has 0 radical (unpaired) electrons. The molecule has 25 heavy (non-hydrogen) atoms. The highest BCUT2D eigenvalue weighted by molar-refractivity contribution is 5.98. The molecular formula is C18H20N4O3. The molecule has 4 rings (SSSR count). The van der Waals surface area contributed by atoms with Crippen LogP contribution in [0.1, 0.15) is 33.7 Å². The number of nitrogens with zero attached hydrogens (tertiary/aromatic N) is 4. The van der Waals surface area contributed by atoms with E-state index in [4.69, 9.17) is 0 Å². The van der Waals surface area contributed by atoms with Crippen LogP contribution < -0.4 is 0 Å². The molecule has 0 aliphatic carbocycles. The maximum Gasteiger partial charge on any atom is 0.254 e. The fraction of sp³-hybridized carbons (Fsp3) is 0.389. The number of carbonyl (C=O) groups excluding carboxylic acids is 2. The summed E-state index contributed by atoms with van der Waals surface area (Å²) in [4.78, 5) is 28.4. The van der Waals surface area contributed by atoms with Crippen LogP contribution in [0.2, 0.25) is 0 Å². The molecule has 7 heteroatoms. The second kappa shape index (κ2) is 6.33. The predicted molar refractivity (Wildman–Crippen MR) is 89.4 cm³/mol. The molecule has 2 aliphatic heterocycles. The zero-order chi connectivity index (χ0) is 17.4. The molecule has 7 nitrogen and oxygen atoms in total. The number of aromatic nitrogens is 2. The summed E-state index contributed by atoms with van der Waals surface area (Å²) < 4.78 is 1.84. The number of aliphatic hydroxyl groups excluding tert-OH is 1. The zero-order valence-electron chi connectivity index (χ0n) is 13.9. The Bertz CT molecular complexity index is 829. The first-order chi connectivity index (χ1) is 12.2. The normalized spacial score (nSPS) is 16.1. The van der Waals surface area contributed by atoms with Crippen molar-refractivity contribution in [3.8, 4) is 0 Å². The van der Waals surface area contributed by atoms with E-state index in [1.807, 2.05) is 35.0 Å². The Morgan fingerprint density at radius 3 is 2.84 bits per heavy atom. The molecule has 2 aliphatic rings. The Hall–Kier alpha value is -2.67. The fourth-order valence-corrected chi connectivity index (χ4v) is 3.50. The van der Waals surface area contributed by atoms with E-state index in [1.165, 1.54) is 0 Å². The van der Waals surface area contributed by atoms with Gasteiger partial charge in [-0.25, -0.2) is 0 Å². The van der Waals surface area contributed by atoms with Gasteiger partial charge in [-0.2, -0.15) is 5.10 Å². The Morgan fingerprint density at radius 1 is 1.20 bits per heavy atom. The number of rotatable bonds is 4. The Balaban J connectivity index is 1.35. The van der Waals surface area contributed by atoms with Crippen LogP contribution in [-0.2, 0) is 31.0 Å². The van der Waals surface area contributed by atoms with E-state index in [-0.39, 0.29) is 18.4 Å². The van der Waals surface area contributed by atoms with E-state index in [9.17, 15) is 14.7 Å². The van der Waals surface area contributed by atoms with Crippen LogP contribution in [0.3, 0.4) is 0 Å². The van der Waals surface area contributed by atoms with E-state index >= 15 is 0 Å². The van der Waals surface area contributed by atoms with Crippen molar-refractivity contribution in [3.05, 3.63) is 52.8 Å². The quantitative estimate of drug-likeness (QED) is 0.891. The predicted octanol–water partition coefficient (Wildman–Crippen LogP) is 0.764. The third kappa shape index (κ3) is 2.91. The van der Waals surface area contributed by atoms with Crippen molar-refractivity contribution in [1.29, 1.82) is 0 Å². The molecule has 2 aromatic rings. The van der Waals surface area contributed by atoms with Gasteiger partial charge in [-0.3, -0.25) is 14.3 Å². The number of hydrogen-bond acceptors (Lipinski definition) is 4. The van der Waals surface area contributed by atoms with Crippen LogP contribution in [0.25, 0.3) is 0 Å². The smallest absolute Gasteiger partial charge is 0.254 e. The molecule has 0 saturated carbocycles. The lowest BCUT2D eigenvalue weighted by Crippen LogP contribution is -2.40. The van der Waals surface area contributed by atoms with Crippen LogP contribution in [0.5, 0.6) is 0 Å². The molecular weight excluding hydrogens is 320 g/mol. The number of carbonyl (C=O) groups is 2. The highest BCUT2D eigenvalue weighted by Gasteiger charge is 2.28. The number of aliphatic hydroxyl groups is 1. The van der Waals surface area contributed by atoms with Crippen LogP contribution in [0, 0.1) is 0 Å². The lowest BCUT2D eigenvalue weighted by molar-refractivity contribution is -0.132. The van der Waals surface area contributed by atoms with E-state index in [0.717, 1.165) is 16.8 Å². The zero-order valence-corrected chi connectivity index (χ0v) is 13.9. The van der Waals surface area contributed by atoms with Crippen molar-refractivity contribution < 1.29 is 14.7 Å². The first kappa shape index (κ1) is 15.8. The average Bonchev–Trinajstić information content (AvgIpc) is 3.20. The molecule has 3 heterocycles. The molecule has 2 amide bonds. The minimum absolute atomic E-state index is 0.00714. The van der Waals surface area contributed by atoms with Gasteiger partial charge in [0.25, 0.3) is 5.91 Å². The number of fused-ring (bicyclic) bond motifs is 2. The minimum Gasteiger partial charge on any atom is -0.390 e. The lowest BCUT2D eigenvalue weighted by atomic mass is 10.1. The third-order valence-electron chi connectivity index (χ3n) is 4.85. The second-order valence-corrected chi connectivity index (χ2v) is 6.46. The van der Waals surface area contributed by atoms with E-state index in [1.54, 1.807) is 9.80 Å². The van der Waals surface area contributed by atoms with Gasteiger partial charge in [0.15, 0.2) is 0 Å². The van der Waals surface area contributed by atoms with Gasteiger partial charge in [-0.1, -0.05) is 18.2 Å². The number of amides is 2. The highest BCUT2D eigenvalue weighted by Crippen LogP contribution is 2.22. The van der Waals surface area contributed by atoms with Gasteiger partial charge < -0.3 is 14.9 Å². The van der Waals surface area contributed by atoms with Gasteiger partial charge in [0, 0.05) is 31.6 Å². The average molecular weight is 340 g/mol. The summed E-state index contributed by atoms with van der Waals surface area (Å²) in [5.74, 6) is 0.0504. The molecule has 0 fully saturated rings. The van der Waals surface area contributed by atoms with Crippen molar-refractivity contribution in [2.45, 2.75) is 32.7 Å². The molecule has 0 bridgehead atoms. The molecule has 1 aromatic heterocycles. The lowest BCUT2D eigenvalue weighted by Gasteiger charge is -2.28. The van der Waals surface area contributed by atoms with Crippen molar-refractivity contribution in [1.82, 2.24) is 19.6 Å². The Morgan fingerprint density at radius 2 is 2.04 bits per heavy atom. The summed E-state index contributed by atoms with van der Waals surface area (Å²) in [6.07, 6.45) is 0.320. The van der Waals surface area contributed by atoms with Crippen LogP contribution in [0.15, 0.2) is 30.3 Å². The van der Waals surface area contributed by atoms with Crippen LogP contribution in [-0.4, -0.2) is 49.6 Å². The summed E-state index contributed by atoms with van der Waals surface area (Å²) in [6, 6.07) is 9.42. The molecule has 130 valence electrons. The molecule has 0 unspecified atom stereocenters. The topological polar surface area (TPSA) is 78.7 Å². The molecule has 1 N–H and O–H groups in total. The highest BCUT2D eigenvalue weighted by atomic mass is 16.3. The second-order valence-electron chi connectivity index (χ2n) is 6.46. The monoisotopic (exact) mass is 340 g/mol. The van der Waals surface area contributed by atoms with E-state index < -0.39 is 0 Å². The Labute approximate surface area is 145 Å². The minimum atomic E-state index is -0.0917. The summed E-state index contributed by atoms with van der Waals surface area (Å²) >= 11 is 0. The largest absolute Gasteiger partial charge is 0.390 e. The summed E-state index contributed by atoms with van der Waals surface area (Å²) in [5, 5.41) is 13.5. The van der Waals surface area contributed by atoms with Gasteiger partial charge in [-0.15, -0.1) is 0 Å². The number of hydrogen-bond donors (Lipinski definition) is 1. The summed E-state index contributed by atoms with van der Waals surface area (Å²) in [5.41, 5.74) is 3.34. The van der Waals surface area contributed by atoms with Gasteiger partial charge in [-0.05, 0) is 17.7 Å². The van der Waals surface area contributed by atoms with Crippen molar-refractivity contribution in [2.24, 2.45) is 0 Å². The fourth-order valence-electron chi connectivity index (χ4n) is 3.50. The maximum absolute atomic E-state index is 12.5. The first-order valence-electron chi connectivity index (χ1n) is 8.47. The molecule has 0 saturated heterocycles. The first-order valence-corrected chi connectivity index (χ1v) is 8.47. The van der Waals surface area contributed by atoms with Gasteiger partial charge in [0.05, 0.1) is 31.1 Å². The molecule has 1 aromatic carbocycles. The van der Waals surface area contributed by atoms with Crippen molar-refractivity contribution >= 4 is 11.8 Å². The molecule has 0 atom stereocenters. The van der Waals surface area contributed by atoms with Gasteiger partial charge >= 0.3 is 0 Å². The van der Waals surface area contributed by atoms with Crippen LogP contribution >= 0.6 is 0 Å². The van der Waals surface area contributed by atoms with Crippen molar-refractivity contribution in [2.75, 3.05) is 13.1 Å². The Kier molecular flexibility index (Phi) is 4.01. The molecule has 0 spiro atoms. The van der Waals surface area contributed by atoms with Gasteiger partial charge in [0.1, 0.15) is 0 Å². The maximum atomic E-state index is 12.5. The van der Waals surface area contributed by atoms with E-state index in [2.05, 4.69) is 5.10 Å².